The molecule has 0 fully saturated rings. The second-order valence-corrected chi connectivity index (χ2v) is 2.90. The SMILES string of the molecule is CC(C)Oc1nc[nH]c(=O)c1Cl. The molecule has 0 aliphatic carbocycles. The van der Waals surface area contributed by atoms with Crippen LogP contribution in [0.25, 0.3) is 0 Å². The van der Waals surface area contributed by atoms with Crippen molar-refractivity contribution in [2.24, 2.45) is 0 Å². The molecule has 0 atom stereocenters. The number of hydrogen-bond donors (Lipinski definition) is 1. The van der Waals surface area contributed by atoms with Gasteiger partial charge in [-0.1, -0.05) is 11.6 Å². The van der Waals surface area contributed by atoms with Crippen molar-refractivity contribution in [3.05, 3.63) is 21.7 Å². The molecule has 0 bridgehead atoms. The molecule has 1 aromatic heterocycles. The minimum absolute atomic E-state index is 0.00815. The zero-order valence-corrected chi connectivity index (χ0v) is 7.55. The van der Waals surface area contributed by atoms with Crippen LogP contribution in [-0.2, 0) is 0 Å². The van der Waals surface area contributed by atoms with Gasteiger partial charge in [0.25, 0.3) is 5.56 Å². The van der Waals surface area contributed by atoms with Crippen LogP contribution >= 0.6 is 11.6 Å². The lowest BCUT2D eigenvalue weighted by Gasteiger charge is -2.08. The van der Waals surface area contributed by atoms with Gasteiger partial charge in [-0.05, 0) is 13.8 Å². The lowest BCUT2D eigenvalue weighted by atomic mass is 10.5. The van der Waals surface area contributed by atoms with Gasteiger partial charge in [-0.2, -0.15) is 0 Å². The van der Waals surface area contributed by atoms with E-state index in [0.717, 1.165) is 0 Å². The van der Waals surface area contributed by atoms with Crippen molar-refractivity contribution in [2.75, 3.05) is 0 Å². The highest BCUT2D eigenvalue weighted by Gasteiger charge is 2.07. The lowest BCUT2D eigenvalue weighted by Crippen LogP contribution is -2.13. The van der Waals surface area contributed by atoms with Crippen LogP contribution in [0, 0.1) is 0 Å². The van der Waals surface area contributed by atoms with Crippen LogP contribution < -0.4 is 10.3 Å². The molecule has 12 heavy (non-hydrogen) atoms. The Kier molecular flexibility index (Phi) is 2.70. The Balaban J connectivity index is 3.00. The summed E-state index contributed by atoms with van der Waals surface area (Å²) in [4.78, 5) is 17.0. The number of ether oxygens (including phenoxy) is 1. The third-order valence-corrected chi connectivity index (χ3v) is 1.45. The predicted octanol–water partition coefficient (Wildman–Crippen LogP) is 1.21. The molecule has 1 N–H and O–H groups in total. The van der Waals surface area contributed by atoms with Gasteiger partial charge in [0.2, 0.25) is 5.88 Å². The van der Waals surface area contributed by atoms with Crippen molar-refractivity contribution in [1.82, 2.24) is 9.97 Å². The topological polar surface area (TPSA) is 55.0 Å². The first-order chi connectivity index (χ1) is 5.61. The van der Waals surface area contributed by atoms with Gasteiger partial charge in [-0.3, -0.25) is 4.79 Å². The summed E-state index contributed by atoms with van der Waals surface area (Å²) in [5.74, 6) is 0.176. The second-order valence-electron chi connectivity index (χ2n) is 2.52. The van der Waals surface area contributed by atoms with Crippen molar-refractivity contribution in [3.8, 4) is 5.88 Å². The first-order valence-corrected chi connectivity index (χ1v) is 3.89. The first-order valence-electron chi connectivity index (χ1n) is 3.51. The Bertz CT molecular complexity index is 321. The molecule has 1 heterocycles. The third-order valence-electron chi connectivity index (χ3n) is 1.11. The Morgan fingerprint density at radius 2 is 2.33 bits per heavy atom. The maximum absolute atomic E-state index is 10.9. The van der Waals surface area contributed by atoms with E-state index in [0.29, 0.717) is 0 Å². The third kappa shape index (κ3) is 1.98. The normalized spacial score (nSPS) is 10.3. The van der Waals surface area contributed by atoms with Gasteiger partial charge in [0, 0.05) is 0 Å². The molecule has 0 aromatic carbocycles. The number of hydrogen-bond acceptors (Lipinski definition) is 3. The highest BCUT2D eigenvalue weighted by molar-refractivity contribution is 6.31. The Labute approximate surface area is 74.5 Å². The summed E-state index contributed by atoms with van der Waals surface area (Å²) in [6.45, 7) is 3.67. The Morgan fingerprint density at radius 3 is 2.92 bits per heavy atom. The Morgan fingerprint density at radius 1 is 1.67 bits per heavy atom. The van der Waals surface area contributed by atoms with E-state index in [2.05, 4.69) is 9.97 Å². The van der Waals surface area contributed by atoms with E-state index in [9.17, 15) is 4.79 Å². The quantitative estimate of drug-likeness (QED) is 0.759. The second kappa shape index (κ2) is 3.58. The monoisotopic (exact) mass is 188 g/mol. The molecule has 1 rings (SSSR count). The lowest BCUT2D eigenvalue weighted by molar-refractivity contribution is 0.232. The summed E-state index contributed by atoms with van der Waals surface area (Å²) >= 11 is 5.61. The highest BCUT2D eigenvalue weighted by Crippen LogP contribution is 2.15. The summed E-state index contributed by atoms with van der Waals surface area (Å²) in [6.07, 6.45) is 1.21. The van der Waals surface area contributed by atoms with Gasteiger partial charge >= 0.3 is 0 Å². The summed E-state index contributed by atoms with van der Waals surface area (Å²) in [7, 11) is 0. The molecule has 1 aromatic rings. The number of nitrogens with one attached hydrogen (secondary N) is 1. The van der Waals surface area contributed by atoms with Crippen molar-refractivity contribution in [3.63, 3.8) is 0 Å². The van der Waals surface area contributed by atoms with Crippen LogP contribution in [0.1, 0.15) is 13.8 Å². The fraction of sp³-hybridized carbons (Fsp3) is 0.429. The number of halogens is 1. The minimum Gasteiger partial charge on any atom is -0.474 e. The maximum atomic E-state index is 10.9. The van der Waals surface area contributed by atoms with E-state index >= 15 is 0 Å². The molecule has 0 spiro atoms. The molecule has 0 aliphatic rings. The zero-order chi connectivity index (χ0) is 9.14. The summed E-state index contributed by atoms with van der Waals surface area (Å²) in [5, 5.41) is -0.00815. The first kappa shape index (κ1) is 9.06. The average Bonchev–Trinajstić information content (AvgIpc) is 1.98. The number of aromatic amines is 1. The van der Waals surface area contributed by atoms with Crippen molar-refractivity contribution in [2.45, 2.75) is 20.0 Å². The van der Waals surface area contributed by atoms with E-state index < -0.39 is 0 Å². The maximum Gasteiger partial charge on any atom is 0.273 e. The van der Waals surface area contributed by atoms with E-state index in [1.54, 1.807) is 0 Å². The smallest absolute Gasteiger partial charge is 0.273 e. The van der Waals surface area contributed by atoms with Crippen LogP contribution in [-0.4, -0.2) is 16.1 Å². The molecule has 0 amide bonds. The molecular formula is C7H9ClN2O2. The summed E-state index contributed by atoms with van der Waals surface area (Å²) < 4.78 is 5.16. The molecule has 0 aliphatic heterocycles. The predicted molar refractivity (Wildman–Crippen MR) is 45.6 cm³/mol. The van der Waals surface area contributed by atoms with Crippen molar-refractivity contribution >= 4 is 11.6 Å². The molecule has 4 nitrogen and oxygen atoms in total. The van der Waals surface area contributed by atoms with Gasteiger partial charge in [-0.25, -0.2) is 4.98 Å². The molecule has 66 valence electrons. The van der Waals surface area contributed by atoms with Crippen molar-refractivity contribution in [1.29, 1.82) is 0 Å². The van der Waals surface area contributed by atoms with E-state index in [1.807, 2.05) is 13.8 Å². The Hall–Kier alpha value is -1.03. The number of aromatic nitrogens is 2. The number of H-pyrrole nitrogens is 1. The number of rotatable bonds is 2. The average molecular weight is 189 g/mol. The van der Waals surface area contributed by atoms with Crippen LogP contribution in [0.3, 0.4) is 0 Å². The van der Waals surface area contributed by atoms with Crippen LogP contribution in [0.4, 0.5) is 0 Å². The summed E-state index contributed by atoms with van der Waals surface area (Å²) in [5.41, 5.74) is -0.387. The molecule has 0 unspecified atom stereocenters. The van der Waals surface area contributed by atoms with Gasteiger partial charge in [0.05, 0.1) is 12.4 Å². The largest absolute Gasteiger partial charge is 0.474 e. The molecular weight excluding hydrogens is 180 g/mol. The van der Waals surface area contributed by atoms with E-state index in [4.69, 9.17) is 16.3 Å². The van der Waals surface area contributed by atoms with Gasteiger partial charge in [0.15, 0.2) is 5.02 Å². The van der Waals surface area contributed by atoms with Crippen LogP contribution in [0.15, 0.2) is 11.1 Å². The van der Waals surface area contributed by atoms with Crippen LogP contribution in [0.2, 0.25) is 5.02 Å². The minimum atomic E-state index is -0.387. The van der Waals surface area contributed by atoms with E-state index in [-0.39, 0.29) is 22.6 Å². The molecule has 0 saturated carbocycles. The zero-order valence-electron chi connectivity index (χ0n) is 6.80. The van der Waals surface area contributed by atoms with Crippen molar-refractivity contribution < 1.29 is 4.74 Å². The standard InChI is InChI=1S/C7H9ClN2O2/c1-4(2)12-7-5(8)6(11)9-3-10-7/h3-4H,1-2H3,(H,9,10,11). The molecule has 0 saturated heterocycles. The number of nitrogens with zero attached hydrogens (tertiary/aromatic N) is 1. The molecule has 0 radical (unpaired) electrons. The van der Waals surface area contributed by atoms with Gasteiger partial charge in [0.1, 0.15) is 0 Å². The van der Waals surface area contributed by atoms with Crippen LogP contribution in [0.5, 0.6) is 5.88 Å². The van der Waals surface area contributed by atoms with Gasteiger partial charge in [-0.15, -0.1) is 0 Å². The van der Waals surface area contributed by atoms with Gasteiger partial charge < -0.3 is 9.72 Å². The fourth-order valence-corrected chi connectivity index (χ4v) is 0.820. The summed E-state index contributed by atoms with van der Waals surface area (Å²) in [6, 6.07) is 0. The van der Waals surface area contributed by atoms with E-state index in [1.165, 1.54) is 6.33 Å². The molecule has 5 heteroatoms. The fourth-order valence-electron chi connectivity index (χ4n) is 0.672. The highest BCUT2D eigenvalue weighted by atomic mass is 35.5.